The topological polar surface area (TPSA) is 89.9 Å². The van der Waals surface area contributed by atoms with Crippen molar-refractivity contribution < 1.29 is 29.0 Å². The molecule has 126 valence electrons. The molecule has 1 N–H and O–H groups in total. The van der Waals surface area contributed by atoms with E-state index in [1.165, 1.54) is 0 Å². The molecule has 0 rings (SSSR count). The third-order valence-corrected chi connectivity index (χ3v) is 2.90. The van der Waals surface area contributed by atoms with Crippen molar-refractivity contribution in [3.63, 3.8) is 0 Å². The highest BCUT2D eigenvalue weighted by Gasteiger charge is 2.05. The first kappa shape index (κ1) is 20.1. The van der Waals surface area contributed by atoms with Gasteiger partial charge in [0.2, 0.25) is 0 Å². The predicted octanol–water partition coefficient (Wildman–Crippen LogP) is 2.85. The number of rotatable bonds is 13. The number of carboxylic acid groups (broad SMARTS) is 1. The van der Waals surface area contributed by atoms with Crippen LogP contribution in [0.1, 0.15) is 58.3 Å². The van der Waals surface area contributed by atoms with Gasteiger partial charge >= 0.3 is 17.9 Å². The van der Waals surface area contributed by atoms with Crippen LogP contribution in [0.3, 0.4) is 0 Å². The molecule has 0 aliphatic carbocycles. The summed E-state index contributed by atoms with van der Waals surface area (Å²) in [5.74, 6) is -1.46. The Kier molecular flexibility index (Phi) is 11.8. The van der Waals surface area contributed by atoms with E-state index in [4.69, 9.17) is 14.6 Å². The minimum absolute atomic E-state index is 0.206. The molecule has 0 aliphatic heterocycles. The summed E-state index contributed by atoms with van der Waals surface area (Å²) >= 11 is 0. The van der Waals surface area contributed by atoms with Gasteiger partial charge in [0, 0.05) is 24.8 Å². The first-order valence-corrected chi connectivity index (χ1v) is 7.63. The monoisotopic (exact) mass is 314 g/mol. The molecular weight excluding hydrogens is 288 g/mol. The van der Waals surface area contributed by atoms with Crippen molar-refractivity contribution in [2.75, 3.05) is 13.2 Å². The normalized spacial score (nSPS) is 10.0. The second-order valence-corrected chi connectivity index (χ2v) is 5.15. The molecule has 0 aromatic carbocycles. The summed E-state index contributed by atoms with van der Waals surface area (Å²) in [5.41, 5.74) is 0.348. The van der Waals surface area contributed by atoms with Gasteiger partial charge in [0.05, 0.1) is 13.2 Å². The van der Waals surface area contributed by atoms with Gasteiger partial charge in [-0.3, -0.25) is 9.59 Å². The second-order valence-electron chi connectivity index (χ2n) is 5.15. The van der Waals surface area contributed by atoms with Gasteiger partial charge < -0.3 is 14.6 Å². The lowest BCUT2D eigenvalue weighted by atomic mass is 10.1. The molecule has 0 atom stereocenters. The molecule has 6 nitrogen and oxygen atoms in total. The Morgan fingerprint density at radius 1 is 0.864 bits per heavy atom. The van der Waals surface area contributed by atoms with Gasteiger partial charge in [0.15, 0.2) is 0 Å². The molecule has 0 heterocycles. The van der Waals surface area contributed by atoms with Gasteiger partial charge in [-0.15, -0.1) is 0 Å². The summed E-state index contributed by atoms with van der Waals surface area (Å²) in [4.78, 5) is 32.8. The van der Waals surface area contributed by atoms with E-state index in [1.807, 2.05) is 0 Å². The minimum atomic E-state index is -0.766. The van der Waals surface area contributed by atoms with E-state index in [0.29, 0.717) is 24.8 Å². The summed E-state index contributed by atoms with van der Waals surface area (Å²) in [6.45, 7) is 5.48. The van der Waals surface area contributed by atoms with Crippen LogP contribution >= 0.6 is 0 Å². The molecule has 22 heavy (non-hydrogen) atoms. The summed E-state index contributed by atoms with van der Waals surface area (Å²) in [5, 5.41) is 8.47. The zero-order valence-electron chi connectivity index (χ0n) is 13.3. The average molecular weight is 314 g/mol. The summed E-state index contributed by atoms with van der Waals surface area (Å²) in [6, 6.07) is 0. The van der Waals surface area contributed by atoms with E-state index in [2.05, 4.69) is 6.58 Å². The Labute approximate surface area is 131 Å². The number of carbonyl (C=O) groups excluding carboxylic acids is 2. The van der Waals surface area contributed by atoms with Gasteiger partial charge in [-0.05, 0) is 19.8 Å². The Bertz CT molecular complexity index is 375. The van der Waals surface area contributed by atoms with Crippen LogP contribution in [0.4, 0.5) is 0 Å². The van der Waals surface area contributed by atoms with Crippen LogP contribution in [0.5, 0.6) is 0 Å². The third kappa shape index (κ3) is 13.1. The van der Waals surface area contributed by atoms with E-state index in [-0.39, 0.29) is 25.6 Å². The van der Waals surface area contributed by atoms with Crippen LogP contribution in [-0.4, -0.2) is 36.2 Å². The lowest BCUT2D eigenvalue weighted by Crippen LogP contribution is -2.10. The summed E-state index contributed by atoms with van der Waals surface area (Å²) in [6.07, 6.45) is 5.17. The molecule has 0 saturated heterocycles. The molecule has 0 aliphatic rings. The number of unbranched alkanes of at least 4 members (excludes halogenated alkanes) is 4. The van der Waals surface area contributed by atoms with Crippen molar-refractivity contribution in [3.05, 3.63) is 12.2 Å². The Hall–Kier alpha value is -1.85. The molecule has 0 unspecified atom stereocenters. The van der Waals surface area contributed by atoms with Gasteiger partial charge in [-0.2, -0.15) is 0 Å². The van der Waals surface area contributed by atoms with E-state index < -0.39 is 11.9 Å². The maximum Gasteiger partial charge on any atom is 0.333 e. The molecule has 0 fully saturated rings. The highest BCUT2D eigenvalue weighted by Crippen LogP contribution is 2.08. The van der Waals surface area contributed by atoms with Gasteiger partial charge in [0.25, 0.3) is 0 Å². The fourth-order valence-corrected chi connectivity index (χ4v) is 1.68. The standard InChI is InChI=1S/C16H26O6/c1-13(2)16(20)22-12-8-11-21-15(19)10-7-5-3-4-6-9-14(17)18/h1,3-12H2,2H3,(H,17,18). The lowest BCUT2D eigenvalue weighted by molar-refractivity contribution is -0.145. The van der Waals surface area contributed by atoms with Crippen molar-refractivity contribution >= 4 is 17.9 Å². The zero-order chi connectivity index (χ0) is 16.8. The first-order valence-electron chi connectivity index (χ1n) is 7.63. The number of esters is 2. The fourth-order valence-electron chi connectivity index (χ4n) is 1.68. The SMILES string of the molecule is C=C(C)C(=O)OCCCOC(=O)CCCCCCCC(=O)O. The van der Waals surface area contributed by atoms with Crippen LogP contribution < -0.4 is 0 Å². The Morgan fingerprint density at radius 3 is 2.00 bits per heavy atom. The number of hydrogen-bond donors (Lipinski definition) is 1. The lowest BCUT2D eigenvalue weighted by Gasteiger charge is -2.06. The predicted molar refractivity (Wildman–Crippen MR) is 81.3 cm³/mol. The maximum atomic E-state index is 11.4. The summed E-state index contributed by atoms with van der Waals surface area (Å²) < 4.78 is 9.88. The third-order valence-electron chi connectivity index (χ3n) is 2.90. The molecule has 0 spiro atoms. The molecule has 0 aromatic rings. The molecule has 0 aromatic heterocycles. The zero-order valence-corrected chi connectivity index (χ0v) is 13.3. The van der Waals surface area contributed by atoms with Crippen molar-refractivity contribution in [2.24, 2.45) is 0 Å². The van der Waals surface area contributed by atoms with Crippen LogP contribution in [0.25, 0.3) is 0 Å². The van der Waals surface area contributed by atoms with E-state index >= 15 is 0 Å². The van der Waals surface area contributed by atoms with E-state index in [0.717, 1.165) is 25.7 Å². The second kappa shape index (κ2) is 12.9. The number of carbonyl (C=O) groups is 3. The largest absolute Gasteiger partial charge is 0.481 e. The maximum absolute atomic E-state index is 11.4. The minimum Gasteiger partial charge on any atom is -0.481 e. The number of ether oxygens (including phenoxy) is 2. The van der Waals surface area contributed by atoms with Crippen molar-refractivity contribution in [3.8, 4) is 0 Å². The van der Waals surface area contributed by atoms with Crippen molar-refractivity contribution in [2.45, 2.75) is 58.3 Å². The van der Waals surface area contributed by atoms with Gasteiger partial charge in [-0.1, -0.05) is 25.8 Å². The fraction of sp³-hybridized carbons (Fsp3) is 0.688. The molecule has 0 saturated carbocycles. The Morgan fingerprint density at radius 2 is 1.41 bits per heavy atom. The molecule has 0 bridgehead atoms. The first-order chi connectivity index (χ1) is 10.4. The molecule has 6 heteroatoms. The van der Waals surface area contributed by atoms with Crippen molar-refractivity contribution in [1.82, 2.24) is 0 Å². The van der Waals surface area contributed by atoms with Crippen molar-refractivity contribution in [1.29, 1.82) is 0 Å². The van der Waals surface area contributed by atoms with Crippen LogP contribution in [0.15, 0.2) is 12.2 Å². The highest BCUT2D eigenvalue weighted by atomic mass is 16.5. The van der Waals surface area contributed by atoms with Gasteiger partial charge in [0.1, 0.15) is 0 Å². The number of aliphatic carboxylic acids is 1. The smallest absolute Gasteiger partial charge is 0.333 e. The van der Waals surface area contributed by atoms with Crippen LogP contribution in [-0.2, 0) is 23.9 Å². The van der Waals surface area contributed by atoms with Crippen LogP contribution in [0, 0.1) is 0 Å². The quantitative estimate of drug-likeness (QED) is 0.319. The number of carboxylic acids is 1. The number of hydrogen-bond acceptors (Lipinski definition) is 5. The molecule has 0 amide bonds. The summed E-state index contributed by atoms with van der Waals surface area (Å²) in [7, 11) is 0. The van der Waals surface area contributed by atoms with E-state index in [1.54, 1.807) is 6.92 Å². The Balaban J connectivity index is 3.35. The average Bonchev–Trinajstić information content (AvgIpc) is 2.45. The van der Waals surface area contributed by atoms with E-state index in [9.17, 15) is 14.4 Å². The highest BCUT2D eigenvalue weighted by molar-refractivity contribution is 5.86. The molecular formula is C16H26O6. The van der Waals surface area contributed by atoms with Gasteiger partial charge in [-0.25, -0.2) is 4.79 Å². The molecule has 0 radical (unpaired) electrons. The van der Waals surface area contributed by atoms with Crippen LogP contribution in [0.2, 0.25) is 0 Å².